The van der Waals surface area contributed by atoms with E-state index in [4.69, 9.17) is 4.74 Å². The van der Waals surface area contributed by atoms with Crippen molar-refractivity contribution in [2.24, 2.45) is 5.92 Å². The number of carbonyl (C=O) groups is 2. The number of methoxy groups -OCH3 is 1. The molecule has 2 aliphatic heterocycles. The summed E-state index contributed by atoms with van der Waals surface area (Å²) >= 11 is 3.44. The van der Waals surface area contributed by atoms with Crippen molar-refractivity contribution >= 4 is 49.1 Å². The quantitative estimate of drug-likeness (QED) is 0.533. The maximum atomic E-state index is 13.7. The first-order valence-electron chi connectivity index (χ1n) is 11.7. The molecule has 0 saturated carbocycles. The molecule has 0 spiro atoms. The zero-order valence-electron chi connectivity index (χ0n) is 20.2. The fraction of sp³-hybridized carbons (Fsp3) is 0.440. The molecule has 0 bridgehead atoms. The molecule has 2 aromatic rings. The van der Waals surface area contributed by atoms with Gasteiger partial charge in [0.25, 0.3) is 0 Å². The number of hydrogen-bond donors (Lipinski definition) is 0. The predicted octanol–water partition coefficient (Wildman–Crippen LogP) is 3.82. The number of carbonyl (C=O) groups excluding carboxylic acids is 2. The lowest BCUT2D eigenvalue weighted by Crippen LogP contribution is -2.46. The summed E-state index contributed by atoms with van der Waals surface area (Å²) in [6, 6.07) is 10.6. The van der Waals surface area contributed by atoms with Crippen molar-refractivity contribution in [2.75, 3.05) is 43.6 Å². The average molecular weight is 565 g/mol. The summed E-state index contributed by atoms with van der Waals surface area (Å²) in [5.41, 5.74) is 2.32. The van der Waals surface area contributed by atoms with Gasteiger partial charge in [0.15, 0.2) is 0 Å². The van der Waals surface area contributed by atoms with Crippen LogP contribution in [0, 0.1) is 5.92 Å². The van der Waals surface area contributed by atoms with Crippen molar-refractivity contribution in [1.29, 1.82) is 0 Å². The van der Waals surface area contributed by atoms with Crippen LogP contribution in [0.2, 0.25) is 0 Å². The molecule has 1 fully saturated rings. The molecule has 8 nitrogen and oxygen atoms in total. The maximum absolute atomic E-state index is 13.7. The number of ether oxygens (including phenoxy) is 1. The Labute approximate surface area is 215 Å². The molecule has 0 unspecified atom stereocenters. The third kappa shape index (κ3) is 4.96. The smallest absolute Gasteiger partial charge is 0.244 e. The van der Waals surface area contributed by atoms with Crippen LogP contribution in [0.5, 0.6) is 5.75 Å². The van der Waals surface area contributed by atoms with Gasteiger partial charge in [0, 0.05) is 49.0 Å². The topological polar surface area (TPSA) is 87.2 Å². The SMILES string of the molecule is CCC(=O)N1CCc2cc(Br)c(S(=O)(=O)N3CCC[C@@H](C(=O)N(C)c4ccc(OC)cc4)C3)cc21. The third-order valence-electron chi connectivity index (χ3n) is 6.77. The summed E-state index contributed by atoms with van der Waals surface area (Å²) in [6.45, 7) is 2.81. The van der Waals surface area contributed by atoms with Crippen LogP contribution < -0.4 is 14.5 Å². The number of anilines is 2. The highest BCUT2D eigenvalue weighted by molar-refractivity contribution is 9.10. The fourth-order valence-corrected chi connectivity index (χ4v) is 7.34. The highest BCUT2D eigenvalue weighted by Gasteiger charge is 2.37. The lowest BCUT2D eigenvalue weighted by molar-refractivity contribution is -0.123. The largest absolute Gasteiger partial charge is 0.497 e. The Bertz CT molecular complexity index is 1230. The van der Waals surface area contributed by atoms with Gasteiger partial charge in [-0.15, -0.1) is 0 Å². The summed E-state index contributed by atoms with van der Waals surface area (Å²) < 4.78 is 34.4. The van der Waals surface area contributed by atoms with E-state index >= 15 is 0 Å². The number of rotatable bonds is 6. The summed E-state index contributed by atoms with van der Waals surface area (Å²) in [6.07, 6.45) is 2.26. The number of nitrogens with zero attached hydrogens (tertiary/aromatic N) is 3. The molecule has 4 rings (SSSR count). The van der Waals surface area contributed by atoms with Crippen LogP contribution in [-0.2, 0) is 26.0 Å². The van der Waals surface area contributed by atoms with E-state index in [9.17, 15) is 18.0 Å². The van der Waals surface area contributed by atoms with E-state index in [2.05, 4.69) is 15.9 Å². The minimum atomic E-state index is -3.87. The van der Waals surface area contributed by atoms with Gasteiger partial charge in [-0.2, -0.15) is 4.31 Å². The Balaban J connectivity index is 1.56. The van der Waals surface area contributed by atoms with Crippen LogP contribution in [0.25, 0.3) is 0 Å². The lowest BCUT2D eigenvalue weighted by Gasteiger charge is -2.33. The standard InChI is InChI=1S/C25H30BrN3O5S/c1-4-24(30)29-13-11-17-14-21(26)23(15-22(17)29)35(32,33)28-12-5-6-18(16-28)25(31)27(2)19-7-9-20(34-3)10-8-19/h7-10,14-15,18H,4-6,11-13,16H2,1-3H3/t18-/m1/s1. The molecule has 0 aromatic heterocycles. The summed E-state index contributed by atoms with van der Waals surface area (Å²) in [5.74, 6) is 0.100. The molecular weight excluding hydrogens is 534 g/mol. The van der Waals surface area contributed by atoms with E-state index in [0.29, 0.717) is 54.7 Å². The van der Waals surface area contributed by atoms with Gasteiger partial charge >= 0.3 is 0 Å². The van der Waals surface area contributed by atoms with Crippen LogP contribution >= 0.6 is 15.9 Å². The molecule has 1 saturated heterocycles. The monoisotopic (exact) mass is 563 g/mol. The van der Waals surface area contributed by atoms with Gasteiger partial charge in [0.05, 0.1) is 17.9 Å². The molecule has 1 atom stereocenters. The van der Waals surface area contributed by atoms with Crippen molar-refractivity contribution in [2.45, 2.75) is 37.5 Å². The number of fused-ring (bicyclic) bond motifs is 1. The van der Waals surface area contributed by atoms with Gasteiger partial charge in [-0.1, -0.05) is 6.92 Å². The van der Waals surface area contributed by atoms with Crippen LogP contribution in [0.15, 0.2) is 45.8 Å². The van der Waals surface area contributed by atoms with Gasteiger partial charge in [-0.25, -0.2) is 8.42 Å². The van der Waals surface area contributed by atoms with Crippen molar-refractivity contribution in [3.05, 3.63) is 46.4 Å². The molecule has 10 heteroatoms. The summed E-state index contributed by atoms with van der Waals surface area (Å²) in [5, 5.41) is 0. The number of sulfonamides is 1. The van der Waals surface area contributed by atoms with Crippen LogP contribution in [0.3, 0.4) is 0 Å². The normalized spacial score (nSPS) is 18.3. The van der Waals surface area contributed by atoms with Gasteiger partial charge in [-0.3, -0.25) is 9.59 Å². The Morgan fingerprint density at radius 3 is 2.54 bits per heavy atom. The molecule has 0 aliphatic carbocycles. The van der Waals surface area contributed by atoms with E-state index in [-0.39, 0.29) is 23.3 Å². The van der Waals surface area contributed by atoms with Crippen LogP contribution in [0.4, 0.5) is 11.4 Å². The number of halogens is 1. The molecule has 2 aromatic carbocycles. The van der Waals surface area contributed by atoms with Crippen molar-refractivity contribution in [3.63, 3.8) is 0 Å². The first-order valence-corrected chi connectivity index (χ1v) is 13.9. The van der Waals surface area contributed by atoms with Gasteiger partial charge < -0.3 is 14.5 Å². The zero-order valence-corrected chi connectivity index (χ0v) is 22.6. The van der Waals surface area contributed by atoms with E-state index in [0.717, 1.165) is 11.3 Å². The molecule has 188 valence electrons. The van der Waals surface area contributed by atoms with E-state index in [1.165, 1.54) is 4.31 Å². The van der Waals surface area contributed by atoms with Gasteiger partial charge in [-0.05, 0) is 77.2 Å². The van der Waals surface area contributed by atoms with E-state index in [1.54, 1.807) is 67.3 Å². The van der Waals surface area contributed by atoms with Gasteiger partial charge in [0.1, 0.15) is 5.75 Å². The second-order valence-electron chi connectivity index (χ2n) is 8.86. The number of benzene rings is 2. The number of amides is 2. The number of hydrogen-bond acceptors (Lipinski definition) is 5. The number of piperidine rings is 1. The van der Waals surface area contributed by atoms with E-state index in [1.807, 2.05) is 0 Å². The third-order valence-corrected chi connectivity index (χ3v) is 9.60. The lowest BCUT2D eigenvalue weighted by atomic mass is 9.98. The predicted molar refractivity (Wildman–Crippen MR) is 138 cm³/mol. The molecular formula is C25H30BrN3O5S. The molecule has 0 N–H and O–H groups in total. The fourth-order valence-electron chi connectivity index (χ4n) is 4.74. The Morgan fingerprint density at radius 1 is 1.17 bits per heavy atom. The molecule has 2 amide bonds. The minimum absolute atomic E-state index is 0.0281. The van der Waals surface area contributed by atoms with Crippen molar-refractivity contribution in [1.82, 2.24) is 4.31 Å². The van der Waals surface area contributed by atoms with Crippen LogP contribution in [-0.4, -0.2) is 58.3 Å². The summed E-state index contributed by atoms with van der Waals surface area (Å²) in [4.78, 5) is 29.0. The highest BCUT2D eigenvalue weighted by atomic mass is 79.9. The first kappa shape index (κ1) is 25.7. The van der Waals surface area contributed by atoms with Crippen LogP contribution in [0.1, 0.15) is 31.7 Å². The second-order valence-corrected chi connectivity index (χ2v) is 11.6. The first-order chi connectivity index (χ1) is 16.7. The Kier molecular flexibility index (Phi) is 7.54. The summed E-state index contributed by atoms with van der Waals surface area (Å²) in [7, 11) is -0.589. The maximum Gasteiger partial charge on any atom is 0.244 e. The molecule has 2 aliphatic rings. The van der Waals surface area contributed by atoms with Gasteiger partial charge in [0.2, 0.25) is 21.8 Å². The molecule has 0 radical (unpaired) electrons. The minimum Gasteiger partial charge on any atom is -0.497 e. The van der Waals surface area contributed by atoms with Crippen molar-refractivity contribution in [3.8, 4) is 5.75 Å². The second kappa shape index (κ2) is 10.3. The highest BCUT2D eigenvalue weighted by Crippen LogP contribution is 2.38. The Morgan fingerprint density at radius 2 is 1.89 bits per heavy atom. The zero-order chi connectivity index (χ0) is 25.3. The van der Waals surface area contributed by atoms with E-state index < -0.39 is 15.9 Å². The molecule has 2 heterocycles. The Hall–Kier alpha value is -2.43. The molecule has 35 heavy (non-hydrogen) atoms. The average Bonchev–Trinajstić information content (AvgIpc) is 3.29. The van der Waals surface area contributed by atoms with Crippen molar-refractivity contribution < 1.29 is 22.7 Å².